The first-order chi connectivity index (χ1) is 9.06. The molecule has 0 atom stereocenters. The minimum absolute atomic E-state index is 0.0414. The van der Waals surface area contributed by atoms with E-state index < -0.39 is 5.41 Å². The molecule has 5 nitrogen and oxygen atoms in total. The maximum absolute atomic E-state index is 12.5. The van der Waals surface area contributed by atoms with Gasteiger partial charge >= 0.3 is 0 Å². The predicted molar refractivity (Wildman–Crippen MR) is 77.5 cm³/mol. The average Bonchev–Trinajstić information content (AvgIpc) is 2.82. The number of nitrogens with one attached hydrogen (secondary N) is 2. The van der Waals surface area contributed by atoms with Gasteiger partial charge in [0.2, 0.25) is 5.91 Å². The first kappa shape index (κ1) is 14.0. The molecule has 1 aromatic heterocycles. The lowest BCUT2D eigenvalue weighted by atomic mass is 9.73. The summed E-state index contributed by atoms with van der Waals surface area (Å²) in [7, 11) is 0. The van der Waals surface area contributed by atoms with Gasteiger partial charge in [-0.05, 0) is 19.8 Å². The molecule has 0 aliphatic heterocycles. The fraction of sp³-hybridized carbons (Fsp3) is 0.615. The number of aryl methyl sites for hydroxylation is 1. The molecule has 0 radical (unpaired) electrons. The Morgan fingerprint density at radius 2 is 2.21 bits per heavy atom. The summed E-state index contributed by atoms with van der Waals surface area (Å²) >= 11 is 5.14. The summed E-state index contributed by atoms with van der Waals surface area (Å²) in [5, 5.41) is 9.74. The zero-order valence-electron chi connectivity index (χ0n) is 11.2. The van der Waals surface area contributed by atoms with Crippen LogP contribution in [-0.4, -0.2) is 21.1 Å². The Labute approximate surface area is 118 Å². The van der Waals surface area contributed by atoms with Crippen molar-refractivity contribution in [2.45, 2.75) is 45.6 Å². The van der Waals surface area contributed by atoms with Crippen molar-refractivity contribution in [3.05, 3.63) is 17.5 Å². The molecular formula is C13H20N4OS. The lowest BCUT2D eigenvalue weighted by Crippen LogP contribution is -2.49. The molecule has 1 amide bonds. The predicted octanol–water partition coefficient (Wildman–Crippen LogP) is 1.57. The van der Waals surface area contributed by atoms with Crippen LogP contribution in [0, 0.1) is 12.3 Å². The number of aromatic amines is 1. The maximum Gasteiger partial charge on any atom is 0.233 e. The lowest BCUT2D eigenvalue weighted by Gasteiger charge is -2.34. The van der Waals surface area contributed by atoms with E-state index in [-0.39, 0.29) is 5.91 Å². The van der Waals surface area contributed by atoms with Gasteiger partial charge in [-0.2, -0.15) is 5.10 Å². The van der Waals surface area contributed by atoms with E-state index in [0.29, 0.717) is 11.5 Å². The van der Waals surface area contributed by atoms with Crippen molar-refractivity contribution >= 4 is 23.1 Å². The molecule has 1 aliphatic rings. The quantitative estimate of drug-likeness (QED) is 0.731. The van der Waals surface area contributed by atoms with Crippen molar-refractivity contribution in [1.29, 1.82) is 0 Å². The van der Waals surface area contributed by atoms with Gasteiger partial charge in [0.05, 0.1) is 16.6 Å². The third-order valence-corrected chi connectivity index (χ3v) is 4.38. The van der Waals surface area contributed by atoms with Gasteiger partial charge in [0.25, 0.3) is 0 Å². The van der Waals surface area contributed by atoms with Crippen LogP contribution in [0.15, 0.2) is 6.20 Å². The Kier molecular flexibility index (Phi) is 4.19. The number of aromatic nitrogens is 2. The van der Waals surface area contributed by atoms with Gasteiger partial charge in [0, 0.05) is 17.8 Å². The zero-order chi connectivity index (χ0) is 13.9. The second-order valence-corrected chi connectivity index (χ2v) is 5.65. The van der Waals surface area contributed by atoms with Gasteiger partial charge in [-0.1, -0.05) is 31.5 Å². The smallest absolute Gasteiger partial charge is 0.233 e. The van der Waals surface area contributed by atoms with Crippen LogP contribution >= 0.6 is 12.2 Å². The molecule has 2 rings (SSSR count). The zero-order valence-corrected chi connectivity index (χ0v) is 12.0. The van der Waals surface area contributed by atoms with Crippen LogP contribution in [0.25, 0.3) is 0 Å². The van der Waals surface area contributed by atoms with Crippen LogP contribution in [0.2, 0.25) is 0 Å². The molecule has 1 saturated carbocycles. The van der Waals surface area contributed by atoms with E-state index in [0.717, 1.165) is 43.4 Å². The summed E-state index contributed by atoms with van der Waals surface area (Å²) < 4.78 is 0. The SMILES string of the molecule is Cc1[nH]ncc1CNC(=O)C1(C(N)=S)CCCCC1. The number of H-pyrrole nitrogens is 1. The molecule has 0 aromatic carbocycles. The second kappa shape index (κ2) is 5.69. The number of hydrogen-bond donors (Lipinski definition) is 3. The van der Waals surface area contributed by atoms with E-state index in [2.05, 4.69) is 15.5 Å². The van der Waals surface area contributed by atoms with Crippen molar-refractivity contribution in [2.75, 3.05) is 0 Å². The average molecular weight is 280 g/mol. The first-order valence-corrected chi connectivity index (χ1v) is 7.04. The Balaban J connectivity index is 2.04. The summed E-state index contributed by atoms with van der Waals surface area (Å²) in [6, 6.07) is 0. The minimum Gasteiger partial charge on any atom is -0.392 e. The van der Waals surface area contributed by atoms with E-state index >= 15 is 0 Å². The highest BCUT2D eigenvalue weighted by molar-refractivity contribution is 7.80. The molecule has 1 aliphatic carbocycles. The fourth-order valence-corrected chi connectivity index (χ4v) is 2.94. The standard InChI is InChI=1S/C13H20N4OS/c1-9-10(8-16-17-9)7-15-12(18)13(11(14)19)5-3-2-4-6-13/h8H,2-7H2,1H3,(H2,14,19)(H,15,18)(H,16,17). The third-order valence-electron chi connectivity index (χ3n) is 3.99. The van der Waals surface area contributed by atoms with Crippen molar-refractivity contribution in [1.82, 2.24) is 15.5 Å². The molecule has 6 heteroatoms. The number of rotatable bonds is 4. The molecule has 0 bridgehead atoms. The summed E-state index contributed by atoms with van der Waals surface area (Å²) in [5.41, 5.74) is 7.14. The highest BCUT2D eigenvalue weighted by atomic mass is 32.1. The van der Waals surface area contributed by atoms with Crippen LogP contribution in [-0.2, 0) is 11.3 Å². The van der Waals surface area contributed by atoms with Crippen molar-refractivity contribution in [3.63, 3.8) is 0 Å². The van der Waals surface area contributed by atoms with E-state index in [1.807, 2.05) is 6.92 Å². The highest BCUT2D eigenvalue weighted by Gasteiger charge is 2.42. The minimum atomic E-state index is -0.648. The molecule has 0 saturated heterocycles. The van der Waals surface area contributed by atoms with Gasteiger partial charge in [-0.3, -0.25) is 9.89 Å². The van der Waals surface area contributed by atoms with Gasteiger partial charge in [0.15, 0.2) is 0 Å². The monoisotopic (exact) mass is 280 g/mol. The molecule has 19 heavy (non-hydrogen) atoms. The number of amides is 1. The van der Waals surface area contributed by atoms with Crippen molar-refractivity contribution in [2.24, 2.45) is 11.1 Å². The van der Waals surface area contributed by atoms with E-state index in [9.17, 15) is 4.79 Å². The van der Waals surface area contributed by atoms with Crippen LogP contribution < -0.4 is 11.1 Å². The Bertz CT molecular complexity index is 477. The second-order valence-electron chi connectivity index (χ2n) is 5.21. The number of carbonyl (C=O) groups excluding carboxylic acids is 1. The van der Waals surface area contributed by atoms with Gasteiger partial charge in [0.1, 0.15) is 0 Å². The Hall–Kier alpha value is -1.43. The topological polar surface area (TPSA) is 83.8 Å². The number of thiocarbonyl (C=S) groups is 1. The fourth-order valence-electron chi connectivity index (χ4n) is 2.64. The summed E-state index contributed by atoms with van der Waals surface area (Å²) in [5.74, 6) is -0.0414. The van der Waals surface area contributed by atoms with E-state index in [1.165, 1.54) is 0 Å². The molecule has 0 spiro atoms. The lowest BCUT2D eigenvalue weighted by molar-refractivity contribution is -0.129. The summed E-state index contributed by atoms with van der Waals surface area (Å²) in [6.45, 7) is 2.39. The van der Waals surface area contributed by atoms with Crippen LogP contribution in [0.5, 0.6) is 0 Å². The molecule has 1 heterocycles. The Morgan fingerprint density at radius 1 is 1.53 bits per heavy atom. The normalized spacial score (nSPS) is 17.9. The molecule has 1 fully saturated rings. The molecule has 0 unspecified atom stereocenters. The van der Waals surface area contributed by atoms with Crippen LogP contribution in [0.3, 0.4) is 0 Å². The number of nitrogens with zero attached hydrogens (tertiary/aromatic N) is 1. The summed E-state index contributed by atoms with van der Waals surface area (Å²) in [4.78, 5) is 12.8. The van der Waals surface area contributed by atoms with E-state index in [4.69, 9.17) is 18.0 Å². The molecule has 4 N–H and O–H groups in total. The maximum atomic E-state index is 12.5. The number of nitrogens with two attached hydrogens (primary N) is 1. The Morgan fingerprint density at radius 3 is 2.74 bits per heavy atom. The number of carbonyl (C=O) groups is 1. The molecule has 1 aromatic rings. The van der Waals surface area contributed by atoms with Crippen molar-refractivity contribution < 1.29 is 4.79 Å². The van der Waals surface area contributed by atoms with Gasteiger partial charge in [-0.15, -0.1) is 0 Å². The van der Waals surface area contributed by atoms with Crippen molar-refractivity contribution in [3.8, 4) is 0 Å². The first-order valence-electron chi connectivity index (χ1n) is 6.63. The third kappa shape index (κ3) is 2.78. The largest absolute Gasteiger partial charge is 0.392 e. The van der Waals surface area contributed by atoms with Gasteiger partial charge in [-0.25, -0.2) is 0 Å². The molecule has 104 valence electrons. The number of hydrogen-bond acceptors (Lipinski definition) is 3. The van der Waals surface area contributed by atoms with Gasteiger partial charge < -0.3 is 11.1 Å². The van der Waals surface area contributed by atoms with Crippen LogP contribution in [0.1, 0.15) is 43.4 Å². The van der Waals surface area contributed by atoms with E-state index in [1.54, 1.807) is 6.20 Å². The van der Waals surface area contributed by atoms with Crippen LogP contribution in [0.4, 0.5) is 0 Å². The summed E-state index contributed by atoms with van der Waals surface area (Å²) in [6.07, 6.45) is 6.42. The highest BCUT2D eigenvalue weighted by Crippen LogP contribution is 2.37. The molecular weight excluding hydrogens is 260 g/mol.